The predicted molar refractivity (Wildman–Crippen MR) is 196 cm³/mol. The number of aromatic nitrogens is 1. The Morgan fingerprint density at radius 2 is 1.20 bits per heavy atom. The second-order valence-corrected chi connectivity index (χ2v) is 14.9. The summed E-state index contributed by atoms with van der Waals surface area (Å²) in [6, 6.07) is 33.5. The summed E-state index contributed by atoms with van der Waals surface area (Å²) >= 11 is 0. The van der Waals surface area contributed by atoms with Gasteiger partial charge in [-0.15, -0.1) is 0 Å². The Hall–Kier alpha value is -5.43. The van der Waals surface area contributed by atoms with E-state index in [1.165, 1.54) is 62.3 Å². The maximum atomic E-state index is 14.0. The van der Waals surface area contributed by atoms with Gasteiger partial charge >= 0.3 is 11.9 Å². The molecule has 1 amide bonds. The fourth-order valence-electron chi connectivity index (χ4n) is 9.36. The quantitative estimate of drug-likeness (QED) is 0.136. The van der Waals surface area contributed by atoms with E-state index in [2.05, 4.69) is 28.5 Å². The van der Waals surface area contributed by atoms with Crippen molar-refractivity contribution >= 4 is 23.5 Å². The molecule has 0 unspecified atom stereocenters. The van der Waals surface area contributed by atoms with Gasteiger partial charge in [0, 0.05) is 17.4 Å². The number of hydrogen-bond donors (Lipinski definition) is 2. The van der Waals surface area contributed by atoms with Crippen LogP contribution in [0.2, 0.25) is 0 Å². The molecule has 4 aromatic carbocycles. The highest BCUT2D eigenvalue weighted by atomic mass is 16.5. The zero-order valence-corrected chi connectivity index (χ0v) is 28.6. The molecule has 2 N–H and O–H groups in total. The van der Waals surface area contributed by atoms with Crippen LogP contribution < -0.4 is 5.32 Å². The molecular formula is C44H42N2O5. The molecule has 4 saturated carbocycles. The van der Waals surface area contributed by atoms with E-state index in [9.17, 15) is 14.4 Å². The Morgan fingerprint density at radius 3 is 1.76 bits per heavy atom. The van der Waals surface area contributed by atoms with Gasteiger partial charge in [0.15, 0.2) is 0 Å². The number of esters is 2. The van der Waals surface area contributed by atoms with E-state index < -0.39 is 11.9 Å². The number of amides is 1. The number of nitrogens with one attached hydrogen (secondary N) is 2. The third-order valence-corrected chi connectivity index (χ3v) is 11.1. The molecule has 5 aromatic rings. The molecule has 4 aliphatic carbocycles. The average molecular weight is 679 g/mol. The van der Waals surface area contributed by atoms with Crippen molar-refractivity contribution in [3.05, 3.63) is 149 Å². The first-order valence-corrected chi connectivity index (χ1v) is 18.0. The molecule has 0 atom stereocenters. The van der Waals surface area contributed by atoms with Crippen LogP contribution in [-0.2, 0) is 29.1 Å². The first kappa shape index (κ1) is 32.8. The molecule has 4 aliphatic rings. The number of ether oxygens (including phenoxy) is 2. The van der Waals surface area contributed by atoms with Crippen molar-refractivity contribution in [3.63, 3.8) is 0 Å². The molecule has 7 nitrogen and oxygen atoms in total. The van der Waals surface area contributed by atoms with Crippen LogP contribution in [0, 0.1) is 23.2 Å². The van der Waals surface area contributed by atoms with Crippen LogP contribution in [0.1, 0.15) is 86.3 Å². The lowest BCUT2D eigenvalue weighted by Gasteiger charge is -2.57. The van der Waals surface area contributed by atoms with Gasteiger partial charge in [0.2, 0.25) is 0 Å². The van der Waals surface area contributed by atoms with Crippen LogP contribution in [0.3, 0.4) is 0 Å². The highest BCUT2D eigenvalue weighted by molar-refractivity contribution is 6.09. The molecule has 0 spiro atoms. The minimum absolute atomic E-state index is 0.0689. The number of aromatic amines is 1. The summed E-state index contributed by atoms with van der Waals surface area (Å²) in [5, 5.41) is 2.96. The molecule has 1 aromatic heterocycles. The highest BCUT2D eigenvalue weighted by Crippen LogP contribution is 2.61. The van der Waals surface area contributed by atoms with Gasteiger partial charge < -0.3 is 19.8 Å². The second-order valence-electron chi connectivity index (χ2n) is 14.9. The number of anilines is 1. The number of carbonyl (C=O) groups is 3. The van der Waals surface area contributed by atoms with Gasteiger partial charge in [-0.3, -0.25) is 4.79 Å². The van der Waals surface area contributed by atoms with Crippen LogP contribution in [0.25, 0.3) is 11.3 Å². The Kier molecular flexibility index (Phi) is 9.03. The summed E-state index contributed by atoms with van der Waals surface area (Å²) in [5.41, 5.74) is 6.11. The van der Waals surface area contributed by atoms with Gasteiger partial charge in [0.05, 0.1) is 22.4 Å². The van der Waals surface area contributed by atoms with Crippen LogP contribution in [0.4, 0.5) is 5.69 Å². The zero-order chi connectivity index (χ0) is 34.8. The van der Waals surface area contributed by atoms with Gasteiger partial charge in [-0.2, -0.15) is 0 Å². The first-order valence-electron chi connectivity index (χ1n) is 18.0. The summed E-state index contributed by atoms with van der Waals surface area (Å²) in [5.74, 6) is 1.00. The SMILES string of the molecule is O=C(OCc1ccccc1)c1cc(NC(=O)c2cc[nH]c2-c2ccccc2CC23CC4CC(CC(C4)C2)C3)cc(C(=O)OCc2ccccc2)c1. The maximum absolute atomic E-state index is 14.0. The van der Waals surface area contributed by atoms with E-state index in [4.69, 9.17) is 9.47 Å². The summed E-state index contributed by atoms with van der Waals surface area (Å²) in [4.78, 5) is 43.9. The van der Waals surface area contributed by atoms with Crippen molar-refractivity contribution in [1.82, 2.24) is 4.98 Å². The van der Waals surface area contributed by atoms with Gasteiger partial charge in [0.25, 0.3) is 5.91 Å². The van der Waals surface area contributed by atoms with Gasteiger partial charge in [-0.1, -0.05) is 84.9 Å². The van der Waals surface area contributed by atoms with Crippen molar-refractivity contribution in [2.75, 3.05) is 5.32 Å². The molecule has 0 aliphatic heterocycles. The molecule has 1 heterocycles. The zero-order valence-electron chi connectivity index (χ0n) is 28.6. The third kappa shape index (κ3) is 7.25. The minimum Gasteiger partial charge on any atom is -0.457 e. The number of benzene rings is 4. The van der Waals surface area contributed by atoms with Crippen molar-refractivity contribution < 1.29 is 23.9 Å². The molecular weight excluding hydrogens is 636 g/mol. The van der Waals surface area contributed by atoms with Crippen LogP contribution in [0.5, 0.6) is 0 Å². The fraction of sp³-hybridized carbons (Fsp3) is 0.295. The third-order valence-electron chi connectivity index (χ3n) is 11.1. The lowest BCUT2D eigenvalue weighted by atomic mass is 9.48. The standard InChI is InChI=1S/C44H42N2O5/c47-41(39-15-16-45-40(39)38-14-8-7-13-34(38)26-44-23-31-17-32(24-44)19-33(18-31)25-44)46-37-21-35(42(48)50-27-29-9-3-1-4-10-29)20-36(22-37)43(49)51-28-30-11-5-2-6-12-30/h1-16,20-22,31-33,45H,17-19,23-28H2,(H,46,47). The first-order chi connectivity index (χ1) is 24.9. The van der Waals surface area contributed by atoms with Crippen LogP contribution in [-0.4, -0.2) is 22.8 Å². The minimum atomic E-state index is -0.618. The lowest BCUT2D eigenvalue weighted by molar-refractivity contribution is -0.0521. The molecule has 7 heteroatoms. The Bertz CT molecular complexity index is 1940. The summed E-state index contributed by atoms with van der Waals surface area (Å²) in [6.07, 6.45) is 11.0. The average Bonchev–Trinajstić information content (AvgIpc) is 3.63. The monoisotopic (exact) mass is 678 g/mol. The van der Waals surface area contributed by atoms with E-state index in [1.54, 1.807) is 12.3 Å². The van der Waals surface area contributed by atoms with Crippen molar-refractivity contribution in [2.45, 2.75) is 58.2 Å². The predicted octanol–water partition coefficient (Wildman–Crippen LogP) is 9.41. The number of H-pyrrole nitrogens is 1. The molecule has 9 rings (SSSR count). The number of rotatable bonds is 11. The topological polar surface area (TPSA) is 97.5 Å². The maximum Gasteiger partial charge on any atom is 0.338 e. The van der Waals surface area contributed by atoms with Crippen molar-refractivity contribution in [1.29, 1.82) is 0 Å². The van der Waals surface area contributed by atoms with Gasteiger partial charge in [-0.05, 0) is 109 Å². The van der Waals surface area contributed by atoms with Gasteiger partial charge in [-0.25, -0.2) is 9.59 Å². The van der Waals surface area contributed by atoms with E-state index in [1.807, 2.05) is 66.7 Å². The molecule has 4 fully saturated rings. The van der Waals surface area contributed by atoms with E-state index >= 15 is 0 Å². The van der Waals surface area contributed by atoms with Gasteiger partial charge in [0.1, 0.15) is 13.2 Å². The lowest BCUT2D eigenvalue weighted by Crippen LogP contribution is -2.47. The summed E-state index contributed by atoms with van der Waals surface area (Å²) < 4.78 is 11.2. The Balaban J connectivity index is 1.04. The van der Waals surface area contributed by atoms with Crippen molar-refractivity contribution in [3.8, 4) is 11.3 Å². The molecule has 0 radical (unpaired) electrons. The van der Waals surface area contributed by atoms with Crippen molar-refractivity contribution in [2.24, 2.45) is 23.2 Å². The molecule has 4 bridgehead atoms. The highest BCUT2D eigenvalue weighted by Gasteiger charge is 2.50. The Morgan fingerprint density at radius 1 is 0.667 bits per heavy atom. The number of carbonyl (C=O) groups excluding carboxylic acids is 3. The van der Waals surface area contributed by atoms with E-state index in [0.29, 0.717) is 11.0 Å². The smallest absolute Gasteiger partial charge is 0.338 e. The fourth-order valence-corrected chi connectivity index (χ4v) is 9.36. The van der Waals surface area contributed by atoms with Crippen LogP contribution >= 0.6 is 0 Å². The normalized spacial score (nSPS) is 21.6. The molecule has 258 valence electrons. The molecule has 0 saturated heterocycles. The largest absolute Gasteiger partial charge is 0.457 e. The van der Waals surface area contributed by atoms with E-state index in [-0.39, 0.29) is 35.9 Å². The summed E-state index contributed by atoms with van der Waals surface area (Å²) in [7, 11) is 0. The van der Waals surface area contributed by atoms with E-state index in [0.717, 1.165) is 46.6 Å². The number of hydrogen-bond acceptors (Lipinski definition) is 5. The molecule has 51 heavy (non-hydrogen) atoms. The summed E-state index contributed by atoms with van der Waals surface area (Å²) in [6.45, 7) is 0.138. The second kappa shape index (κ2) is 14.1. The van der Waals surface area contributed by atoms with Crippen LogP contribution in [0.15, 0.2) is 115 Å². The Labute approximate surface area is 298 Å².